The summed E-state index contributed by atoms with van der Waals surface area (Å²) in [6.07, 6.45) is 4.51. The van der Waals surface area contributed by atoms with Gasteiger partial charge in [0.2, 0.25) is 6.29 Å². The van der Waals surface area contributed by atoms with Crippen LogP contribution in [-0.2, 0) is 15.9 Å². The van der Waals surface area contributed by atoms with Crippen LogP contribution in [0.4, 0.5) is 0 Å². The number of hydrogen-bond donors (Lipinski definition) is 0. The molecule has 1 aromatic rings. The van der Waals surface area contributed by atoms with E-state index >= 15 is 0 Å². The highest BCUT2D eigenvalue weighted by Gasteiger charge is 2.10. The predicted molar refractivity (Wildman–Crippen MR) is 57.4 cm³/mol. The van der Waals surface area contributed by atoms with Gasteiger partial charge < -0.3 is 9.47 Å². The molecule has 0 aliphatic rings. The minimum Gasteiger partial charge on any atom is -0.350 e. The maximum absolute atomic E-state index is 5.13. The second-order valence-electron chi connectivity index (χ2n) is 3.30. The Morgan fingerprint density at radius 2 is 2.07 bits per heavy atom. The van der Waals surface area contributed by atoms with Crippen LogP contribution >= 0.6 is 0 Å². The van der Waals surface area contributed by atoms with E-state index in [4.69, 9.17) is 9.47 Å². The Bertz CT molecular complexity index is 288. The summed E-state index contributed by atoms with van der Waals surface area (Å²) < 4.78 is 10.3. The summed E-state index contributed by atoms with van der Waals surface area (Å²) in [6, 6.07) is 1.81. The van der Waals surface area contributed by atoms with Gasteiger partial charge >= 0.3 is 0 Å². The quantitative estimate of drug-likeness (QED) is 0.674. The molecule has 0 saturated carbocycles. The lowest BCUT2D eigenvalue weighted by molar-refractivity contribution is -0.108. The number of hydrogen-bond acceptors (Lipinski definition) is 4. The van der Waals surface area contributed by atoms with Gasteiger partial charge in [0.15, 0.2) is 0 Å². The second kappa shape index (κ2) is 6.48. The van der Waals surface area contributed by atoms with Gasteiger partial charge in [0.25, 0.3) is 0 Å². The average Bonchev–Trinajstić information content (AvgIpc) is 2.29. The van der Waals surface area contributed by atoms with E-state index in [2.05, 4.69) is 16.9 Å². The highest BCUT2D eigenvalue weighted by atomic mass is 16.7. The highest BCUT2D eigenvalue weighted by molar-refractivity contribution is 5.04. The van der Waals surface area contributed by atoms with Crippen LogP contribution in [0.25, 0.3) is 0 Å². The molecular weight excluding hydrogens is 192 g/mol. The summed E-state index contributed by atoms with van der Waals surface area (Å²) in [7, 11) is 3.20. The minimum atomic E-state index is -0.395. The van der Waals surface area contributed by atoms with E-state index in [1.165, 1.54) is 0 Å². The lowest BCUT2D eigenvalue weighted by Gasteiger charge is -2.12. The Kier molecular flexibility index (Phi) is 5.21. The third-order valence-electron chi connectivity index (χ3n) is 2.15. The van der Waals surface area contributed by atoms with Crippen molar-refractivity contribution in [1.29, 1.82) is 0 Å². The Balaban J connectivity index is 2.72. The van der Waals surface area contributed by atoms with Crippen molar-refractivity contribution in [2.45, 2.75) is 32.5 Å². The van der Waals surface area contributed by atoms with Gasteiger partial charge in [-0.15, -0.1) is 0 Å². The van der Waals surface area contributed by atoms with E-state index in [-0.39, 0.29) is 0 Å². The first kappa shape index (κ1) is 12.1. The SMILES string of the molecule is CCCCc1nccc(C(OC)OC)n1. The first-order chi connectivity index (χ1) is 7.31. The van der Waals surface area contributed by atoms with Crippen molar-refractivity contribution in [3.05, 3.63) is 23.8 Å². The largest absolute Gasteiger partial charge is 0.350 e. The Labute approximate surface area is 90.7 Å². The Morgan fingerprint density at radius 1 is 1.33 bits per heavy atom. The molecular formula is C11H18N2O2. The van der Waals surface area contributed by atoms with Crippen molar-refractivity contribution in [3.63, 3.8) is 0 Å². The molecule has 1 aromatic heterocycles. The van der Waals surface area contributed by atoms with Crippen molar-refractivity contribution < 1.29 is 9.47 Å². The zero-order chi connectivity index (χ0) is 11.1. The van der Waals surface area contributed by atoms with E-state index < -0.39 is 6.29 Å². The summed E-state index contributed by atoms with van der Waals surface area (Å²) in [5.41, 5.74) is 0.779. The van der Waals surface area contributed by atoms with Gasteiger partial charge in [0, 0.05) is 26.8 Å². The smallest absolute Gasteiger partial charge is 0.200 e. The highest BCUT2D eigenvalue weighted by Crippen LogP contribution is 2.14. The molecule has 0 N–H and O–H groups in total. The van der Waals surface area contributed by atoms with Crippen LogP contribution in [0, 0.1) is 0 Å². The van der Waals surface area contributed by atoms with Crippen molar-refractivity contribution >= 4 is 0 Å². The van der Waals surface area contributed by atoms with Crippen LogP contribution < -0.4 is 0 Å². The average molecular weight is 210 g/mol. The molecule has 84 valence electrons. The molecule has 4 heteroatoms. The van der Waals surface area contributed by atoms with Gasteiger partial charge in [-0.25, -0.2) is 9.97 Å². The number of unbranched alkanes of at least 4 members (excludes halogenated alkanes) is 1. The van der Waals surface area contributed by atoms with Crippen molar-refractivity contribution in [2.75, 3.05) is 14.2 Å². The molecule has 0 aromatic carbocycles. The molecule has 0 amide bonds. The number of ether oxygens (including phenoxy) is 2. The molecule has 0 fully saturated rings. The van der Waals surface area contributed by atoms with E-state index in [0.717, 1.165) is 30.8 Å². The summed E-state index contributed by atoms with van der Waals surface area (Å²) in [5, 5.41) is 0. The number of rotatable bonds is 6. The first-order valence-corrected chi connectivity index (χ1v) is 5.19. The molecule has 0 saturated heterocycles. The first-order valence-electron chi connectivity index (χ1n) is 5.19. The van der Waals surface area contributed by atoms with Gasteiger partial charge in [0.1, 0.15) is 5.82 Å². The zero-order valence-corrected chi connectivity index (χ0v) is 9.56. The Morgan fingerprint density at radius 3 is 2.67 bits per heavy atom. The molecule has 4 nitrogen and oxygen atoms in total. The van der Waals surface area contributed by atoms with Crippen LogP contribution in [0.15, 0.2) is 12.3 Å². The number of aromatic nitrogens is 2. The fourth-order valence-corrected chi connectivity index (χ4v) is 1.34. The van der Waals surface area contributed by atoms with Crippen LogP contribution in [0.5, 0.6) is 0 Å². The van der Waals surface area contributed by atoms with Gasteiger partial charge in [0.05, 0.1) is 5.69 Å². The zero-order valence-electron chi connectivity index (χ0n) is 9.56. The van der Waals surface area contributed by atoms with Gasteiger partial charge in [-0.1, -0.05) is 13.3 Å². The molecule has 1 rings (SSSR count). The molecule has 15 heavy (non-hydrogen) atoms. The predicted octanol–water partition coefficient (Wildman–Crippen LogP) is 2.11. The topological polar surface area (TPSA) is 44.2 Å². The summed E-state index contributed by atoms with van der Waals surface area (Å²) in [5.74, 6) is 0.855. The third kappa shape index (κ3) is 3.57. The standard InChI is InChI=1S/C11H18N2O2/c1-4-5-6-10-12-8-7-9(13-10)11(14-2)15-3/h7-8,11H,4-6H2,1-3H3. The normalized spacial score (nSPS) is 10.9. The van der Waals surface area contributed by atoms with Crippen LogP contribution in [-0.4, -0.2) is 24.2 Å². The molecule has 0 bridgehead atoms. The van der Waals surface area contributed by atoms with Crippen molar-refractivity contribution in [1.82, 2.24) is 9.97 Å². The monoisotopic (exact) mass is 210 g/mol. The van der Waals surface area contributed by atoms with Crippen LogP contribution in [0.1, 0.15) is 37.6 Å². The third-order valence-corrected chi connectivity index (χ3v) is 2.15. The molecule has 0 atom stereocenters. The minimum absolute atomic E-state index is 0.395. The molecule has 0 radical (unpaired) electrons. The lowest BCUT2D eigenvalue weighted by Crippen LogP contribution is -2.08. The lowest BCUT2D eigenvalue weighted by atomic mass is 10.2. The summed E-state index contributed by atoms with van der Waals surface area (Å²) in [4.78, 5) is 8.60. The fourth-order valence-electron chi connectivity index (χ4n) is 1.34. The Hall–Kier alpha value is -1.00. The van der Waals surface area contributed by atoms with Gasteiger partial charge in [-0.05, 0) is 12.5 Å². The fraction of sp³-hybridized carbons (Fsp3) is 0.636. The maximum Gasteiger partial charge on any atom is 0.200 e. The molecule has 0 aliphatic heterocycles. The second-order valence-corrected chi connectivity index (χ2v) is 3.30. The van der Waals surface area contributed by atoms with E-state index in [9.17, 15) is 0 Å². The molecule has 0 spiro atoms. The molecule has 0 unspecified atom stereocenters. The number of aryl methyl sites for hydroxylation is 1. The molecule has 1 heterocycles. The maximum atomic E-state index is 5.13. The van der Waals surface area contributed by atoms with Gasteiger partial charge in [-0.2, -0.15) is 0 Å². The van der Waals surface area contributed by atoms with E-state index in [1.54, 1.807) is 20.4 Å². The van der Waals surface area contributed by atoms with Crippen molar-refractivity contribution in [2.24, 2.45) is 0 Å². The number of methoxy groups -OCH3 is 2. The van der Waals surface area contributed by atoms with Crippen LogP contribution in [0.3, 0.4) is 0 Å². The van der Waals surface area contributed by atoms with E-state index in [0.29, 0.717) is 0 Å². The van der Waals surface area contributed by atoms with E-state index in [1.807, 2.05) is 6.07 Å². The van der Waals surface area contributed by atoms with Crippen LogP contribution in [0.2, 0.25) is 0 Å². The summed E-state index contributed by atoms with van der Waals surface area (Å²) in [6.45, 7) is 2.15. The number of nitrogens with zero attached hydrogens (tertiary/aromatic N) is 2. The van der Waals surface area contributed by atoms with Crippen molar-refractivity contribution in [3.8, 4) is 0 Å². The molecule has 0 aliphatic carbocycles. The summed E-state index contributed by atoms with van der Waals surface area (Å²) >= 11 is 0. The van der Waals surface area contributed by atoms with Gasteiger partial charge in [-0.3, -0.25) is 0 Å².